The Bertz CT molecular complexity index is 3910. The number of benzene rings is 3. The van der Waals surface area contributed by atoms with E-state index in [-0.39, 0.29) is 96.2 Å². The molecule has 94 heavy (non-hydrogen) atoms. The molecular weight excluding hydrogens is 1270 g/mol. The summed E-state index contributed by atoms with van der Waals surface area (Å²) < 4.78 is 102. The van der Waals surface area contributed by atoms with E-state index in [2.05, 4.69) is 51.9 Å². The molecule has 2 saturated heterocycles. The van der Waals surface area contributed by atoms with E-state index in [1.807, 2.05) is 27.7 Å². The number of imidazole rings is 2. The van der Waals surface area contributed by atoms with Gasteiger partial charge in [-0.1, -0.05) is 102 Å². The van der Waals surface area contributed by atoms with Gasteiger partial charge in [0.25, 0.3) is 5.69 Å². The van der Waals surface area contributed by atoms with Crippen molar-refractivity contribution in [3.05, 3.63) is 120 Å². The van der Waals surface area contributed by atoms with Crippen LogP contribution in [0.1, 0.15) is 93.9 Å². The van der Waals surface area contributed by atoms with Gasteiger partial charge in [0.1, 0.15) is 60.6 Å². The Morgan fingerprint density at radius 3 is 1.49 bits per heavy atom. The van der Waals surface area contributed by atoms with Crippen molar-refractivity contribution in [3.63, 3.8) is 0 Å². The van der Waals surface area contributed by atoms with Crippen molar-refractivity contribution in [2.75, 3.05) is 37.9 Å². The van der Waals surface area contributed by atoms with E-state index in [4.69, 9.17) is 61.4 Å². The Balaban J connectivity index is 0.000000237. The highest BCUT2D eigenvalue weighted by atomic mass is 31.2. The largest absolute Gasteiger partial charge is 0.513 e. The van der Waals surface area contributed by atoms with E-state index in [1.165, 1.54) is 59.9 Å². The third-order valence-electron chi connectivity index (χ3n) is 15.1. The summed E-state index contributed by atoms with van der Waals surface area (Å²) >= 11 is 0. The second kappa shape index (κ2) is 32.4. The van der Waals surface area contributed by atoms with Crippen molar-refractivity contribution in [2.24, 2.45) is 11.8 Å². The highest BCUT2D eigenvalue weighted by Crippen LogP contribution is 2.49. The third kappa shape index (κ3) is 18.1. The molecule has 0 bridgehead atoms. The van der Waals surface area contributed by atoms with E-state index in [0.717, 1.165) is 25.7 Å². The van der Waals surface area contributed by atoms with Crippen molar-refractivity contribution < 1.29 is 86.2 Å². The number of halogens is 2. The topological polar surface area (TPSA) is 409 Å². The fraction of sp³-hybridized carbons (Fsp3) is 0.433. The Morgan fingerprint density at radius 2 is 1.10 bits per heavy atom. The van der Waals surface area contributed by atoms with Crippen molar-refractivity contribution in [3.8, 4) is 41.9 Å². The second-order valence-electron chi connectivity index (χ2n) is 21.5. The maximum Gasteiger partial charge on any atom is 0.513 e. The van der Waals surface area contributed by atoms with Gasteiger partial charge in [0.2, 0.25) is 0 Å². The minimum absolute atomic E-state index is 0. The Kier molecular flexibility index (Phi) is 25.0. The van der Waals surface area contributed by atoms with E-state index in [9.17, 15) is 52.9 Å². The first-order chi connectivity index (χ1) is 44.8. The summed E-state index contributed by atoms with van der Waals surface area (Å²) in [4.78, 5) is 57.7. The first-order valence-electron chi connectivity index (χ1n) is 29.6. The lowest BCUT2D eigenvalue weighted by Crippen LogP contribution is -2.43. The number of aromatic nitrogens is 8. The number of carbonyl (C=O) groups excluding carboxylic acids is 2. The van der Waals surface area contributed by atoms with Crippen LogP contribution in [0.3, 0.4) is 0 Å². The van der Waals surface area contributed by atoms with Crippen molar-refractivity contribution in [1.82, 2.24) is 49.2 Å². The molecule has 30 nitrogen and oxygen atoms in total. The number of non-ortho nitro benzene ring substituents is 1. The Labute approximate surface area is 540 Å². The van der Waals surface area contributed by atoms with Crippen LogP contribution < -0.4 is 35.2 Å². The van der Waals surface area contributed by atoms with Crippen LogP contribution in [0.4, 0.5) is 26.1 Å². The maximum absolute atomic E-state index is 14.0. The predicted molar refractivity (Wildman–Crippen MR) is 337 cm³/mol. The van der Waals surface area contributed by atoms with Crippen LogP contribution >= 0.6 is 15.5 Å². The summed E-state index contributed by atoms with van der Waals surface area (Å²) in [6, 6.07) is 19.5. The number of nitro groups is 1. The molecule has 34 heteroatoms. The lowest BCUT2D eigenvalue weighted by molar-refractivity contribution is -0.384. The van der Waals surface area contributed by atoms with Crippen LogP contribution in [-0.2, 0) is 42.2 Å². The van der Waals surface area contributed by atoms with E-state index >= 15 is 0 Å². The van der Waals surface area contributed by atoms with Gasteiger partial charge in [-0.3, -0.25) is 33.4 Å². The number of ether oxygens (including phenoxy) is 4. The lowest BCUT2D eigenvalue weighted by Gasteiger charge is -2.29. The normalized spacial score (nSPS) is 21.1. The third-order valence-corrected chi connectivity index (χ3v) is 18.3. The Hall–Kier alpha value is -8.78. The van der Waals surface area contributed by atoms with Gasteiger partial charge < -0.3 is 59.3 Å². The number of nitrogen functional groups attached to an aromatic ring is 2. The molecule has 10 atom stereocenters. The molecule has 2 aliphatic heterocycles. The average molecular weight is 1350 g/mol. The van der Waals surface area contributed by atoms with Gasteiger partial charge in [0.05, 0.1) is 37.4 Å². The zero-order chi connectivity index (χ0) is 68.5. The molecule has 3 aromatic carbocycles. The van der Waals surface area contributed by atoms with Crippen LogP contribution in [-0.4, -0.2) is 133 Å². The molecule has 7 aromatic rings. The molecule has 2 aliphatic rings. The lowest BCUT2D eigenvalue weighted by atomic mass is 9.99. The fourth-order valence-corrected chi connectivity index (χ4v) is 12.4. The molecule has 506 valence electrons. The summed E-state index contributed by atoms with van der Waals surface area (Å²) in [5.41, 5.74) is 8.39. The minimum Gasteiger partial charge on any atom is -0.464 e. The number of carbonyl (C=O) groups is 2. The summed E-state index contributed by atoms with van der Waals surface area (Å²) in [5.74, 6) is 4.12. The van der Waals surface area contributed by atoms with Gasteiger partial charge >= 0.3 is 39.6 Å². The highest BCUT2D eigenvalue weighted by molar-refractivity contribution is 7.52. The zero-order valence-corrected chi connectivity index (χ0v) is 53.8. The molecule has 6 heterocycles. The molecule has 0 spiro atoms. The number of nitrogens with zero attached hydrogens (tertiary/aromatic N) is 9. The molecule has 0 saturated carbocycles. The van der Waals surface area contributed by atoms with Gasteiger partial charge in [-0.15, -0.1) is 12.8 Å². The quantitative estimate of drug-likeness (QED) is 0.00641. The number of nitrogens with one attached hydrogen (secondary N) is 2. The molecular formula is C60H75F2N13O17P2. The number of fused-ring (bicyclic) bond motifs is 2. The molecule has 0 radical (unpaired) electrons. The van der Waals surface area contributed by atoms with Crippen LogP contribution in [0.15, 0.2) is 97.6 Å². The number of aliphatic hydroxyl groups is 3. The number of terminal acetylenes is 2. The Morgan fingerprint density at radius 1 is 0.702 bits per heavy atom. The predicted octanol–water partition coefficient (Wildman–Crippen LogP) is 7.92. The standard InChI is InChI=1S/C27H34FN6O7P.C21H27N2O7P.C12H12FN5O3.H2/c1-5-18(6-2)14-38-25(36)17(4)33-42(37,41-19-11-9-8-10-12-19)39-15-27(7-3)20(35)13-21(40-27)34-16-30-22-23(29)31-26(28)32-24(22)34;1-4-17(5-2)15-28-21(24)16(3)22-31(27,29-19-9-7-6-8-10-19)30-20-13-11-18(12-14-20)23(25)26;1-2-12(4-19)6(20)3-7(21-12)18-5-15-8-9(14)16-11(13)17-10(8)18;/h3,8-12,16-18,20-21,35H,5-6,13-15H2,1-2,4H3,(H,33,37)(H2,29,31,32);6-14,16-17H,4-5,15H2,1-3H3,(H,22,27);1,5-7,19-20H,3-4H2,(H2,14,16,17);1H/t17-,20-,21+,27+,42-;16-,31-;6-,7+,12+;/m000./s1/i;;;1+1. The van der Waals surface area contributed by atoms with Crippen LogP contribution in [0.5, 0.6) is 17.2 Å². The molecule has 2 fully saturated rings. The molecule has 0 unspecified atom stereocenters. The van der Waals surface area contributed by atoms with Crippen molar-refractivity contribution in [1.29, 1.82) is 0 Å². The van der Waals surface area contributed by atoms with Crippen molar-refractivity contribution in [2.45, 2.75) is 128 Å². The van der Waals surface area contributed by atoms with E-state index in [0.29, 0.717) is 0 Å². The second-order valence-corrected chi connectivity index (χ2v) is 24.8. The molecule has 9 N–H and O–H groups in total. The summed E-state index contributed by atoms with van der Waals surface area (Å²) in [5, 5.41) is 46.3. The minimum atomic E-state index is -4.32. The average Bonchev–Trinajstić information content (AvgIpc) is 1.72. The highest BCUT2D eigenvalue weighted by Gasteiger charge is 2.51. The number of hydrogen-bond donors (Lipinski definition) is 7. The molecule has 4 aromatic heterocycles. The molecule has 9 rings (SSSR count). The van der Waals surface area contributed by atoms with Gasteiger partial charge in [0.15, 0.2) is 45.2 Å². The van der Waals surface area contributed by atoms with Crippen LogP contribution in [0.2, 0.25) is 0 Å². The number of nitro benzene ring substituents is 1. The maximum atomic E-state index is 14.0. The van der Waals surface area contributed by atoms with Gasteiger partial charge in [-0.2, -0.15) is 38.9 Å². The first kappa shape index (κ1) is 72.6. The summed E-state index contributed by atoms with van der Waals surface area (Å²) in [6.45, 7) is 10.3. The molecule has 0 aliphatic carbocycles. The number of para-hydroxylation sites is 2. The van der Waals surface area contributed by atoms with Gasteiger partial charge in [-0.05, 0) is 62.1 Å². The summed E-state index contributed by atoms with van der Waals surface area (Å²) in [7, 11) is -8.42. The number of esters is 2. The SMILES string of the molecule is C#C[C@]1(CO)O[C@@H](n2cnc3c(N)nc(F)nc32)C[C@@H]1O.C#C[C@]1(CO[P@@](=O)(N[C@@H](C)C(=O)OCC(CC)CC)Oc2ccccc2)O[C@@H](n2cnc3c(N)nc(F)nc32)C[C@@H]1O.CCC(CC)COC(=O)[C@H](C)N[P@](=O)(Oc1ccccc1)Oc1ccc([N+](=O)[O-])cc1.[2HH]. The number of anilines is 2. The van der Waals surface area contributed by atoms with Crippen molar-refractivity contribution >= 4 is 67.1 Å². The number of nitrogens with two attached hydrogens (primary N) is 2. The molecule has 0 amide bonds. The monoisotopic (exact) mass is 1350 g/mol. The smallest absolute Gasteiger partial charge is 0.464 e. The van der Waals surface area contributed by atoms with Gasteiger partial charge in [-0.25, -0.2) is 19.1 Å². The van der Waals surface area contributed by atoms with Crippen LogP contribution in [0.25, 0.3) is 22.3 Å². The fourth-order valence-electron chi connectivity index (χ4n) is 9.33. The summed E-state index contributed by atoms with van der Waals surface area (Å²) in [6.07, 6.45) is 11.1. The van der Waals surface area contributed by atoms with Crippen LogP contribution in [0, 0.1) is 58.8 Å². The van der Waals surface area contributed by atoms with E-state index in [1.54, 1.807) is 60.7 Å². The number of aliphatic hydroxyl groups excluding tert-OH is 3. The number of rotatable bonds is 27. The first-order valence-corrected chi connectivity index (χ1v) is 32.6. The van der Waals surface area contributed by atoms with E-state index < -0.39 is 106 Å². The van der Waals surface area contributed by atoms with Gasteiger partial charge in [0, 0.05) is 26.4 Å². The number of hydrogen-bond acceptors (Lipinski definition) is 25. The zero-order valence-electron chi connectivity index (χ0n) is 52.0.